The number of sulfone groups is 1. The van der Waals surface area contributed by atoms with Gasteiger partial charge in [0.05, 0.1) is 23.2 Å². The van der Waals surface area contributed by atoms with Crippen LogP contribution in [0.4, 0.5) is 0 Å². The van der Waals surface area contributed by atoms with Crippen molar-refractivity contribution in [3.05, 3.63) is 48.2 Å². The first-order chi connectivity index (χ1) is 11.5. The van der Waals surface area contributed by atoms with Crippen LogP contribution in [-0.2, 0) is 29.7 Å². The van der Waals surface area contributed by atoms with Crippen LogP contribution in [0, 0.1) is 0 Å². The minimum Gasteiger partial charge on any atom is -0.339 e. The first kappa shape index (κ1) is 16.4. The summed E-state index contributed by atoms with van der Waals surface area (Å²) in [5.74, 6) is 1.15. The predicted molar refractivity (Wildman–Crippen MR) is 88.1 cm³/mol. The molecule has 0 aliphatic rings. The third kappa shape index (κ3) is 3.38. The van der Waals surface area contributed by atoms with Crippen molar-refractivity contribution in [3.8, 4) is 11.5 Å². The molecule has 0 atom stereocenters. The Morgan fingerprint density at radius 2 is 1.92 bits per heavy atom. The van der Waals surface area contributed by atoms with E-state index in [1.807, 2.05) is 23.7 Å². The summed E-state index contributed by atoms with van der Waals surface area (Å²) in [6, 6.07) is 6.92. The quantitative estimate of drug-likeness (QED) is 0.678. The van der Waals surface area contributed by atoms with Crippen molar-refractivity contribution in [3.63, 3.8) is 0 Å². The summed E-state index contributed by atoms with van der Waals surface area (Å²) < 4.78 is 30.7. The van der Waals surface area contributed by atoms with Crippen LogP contribution >= 0.6 is 0 Å². The first-order valence-corrected chi connectivity index (χ1v) is 9.26. The summed E-state index contributed by atoms with van der Waals surface area (Å²) in [5.41, 5.74) is 1.81. The van der Waals surface area contributed by atoms with Gasteiger partial charge in [-0.3, -0.25) is 0 Å². The Bertz CT molecular complexity index is 926. The molecule has 8 heteroatoms. The molecule has 0 aliphatic carbocycles. The van der Waals surface area contributed by atoms with Gasteiger partial charge in [0.15, 0.2) is 9.84 Å². The van der Waals surface area contributed by atoms with E-state index in [9.17, 15) is 8.42 Å². The second-order valence-electron chi connectivity index (χ2n) is 5.45. The zero-order valence-corrected chi connectivity index (χ0v) is 14.3. The number of aromatic nitrogens is 4. The topological polar surface area (TPSA) is 90.9 Å². The Balaban J connectivity index is 1.66. The van der Waals surface area contributed by atoms with Crippen molar-refractivity contribution in [2.45, 2.75) is 24.7 Å². The highest BCUT2D eigenvalue weighted by Gasteiger charge is 2.13. The summed E-state index contributed by atoms with van der Waals surface area (Å²) in [6.07, 6.45) is 4.64. The summed E-state index contributed by atoms with van der Waals surface area (Å²) in [5, 5.41) is 3.96. The molecule has 3 rings (SSSR count). The van der Waals surface area contributed by atoms with Gasteiger partial charge in [0.1, 0.15) is 5.69 Å². The molecule has 0 saturated heterocycles. The highest BCUT2D eigenvalue weighted by atomic mass is 32.2. The standard InChI is InChI=1S/C16H18N4O3S/c1-3-24(21,22)13-7-4-12(5-8-13)6-9-15-18-16(19-23-15)14-10-17-11-20(14)2/h4-5,7-8,10-11H,3,6,9H2,1-2H3. The normalized spacial score (nSPS) is 11.8. The number of imidazole rings is 1. The van der Waals surface area contributed by atoms with Gasteiger partial charge >= 0.3 is 0 Å². The van der Waals surface area contributed by atoms with E-state index in [2.05, 4.69) is 15.1 Å². The van der Waals surface area contributed by atoms with Gasteiger partial charge in [0, 0.05) is 13.5 Å². The molecule has 0 spiro atoms. The third-order valence-electron chi connectivity index (χ3n) is 3.80. The van der Waals surface area contributed by atoms with Crippen LogP contribution in [0.5, 0.6) is 0 Å². The maximum Gasteiger partial charge on any atom is 0.227 e. The molecular formula is C16H18N4O3S. The second-order valence-corrected chi connectivity index (χ2v) is 7.73. The van der Waals surface area contributed by atoms with E-state index in [4.69, 9.17) is 4.52 Å². The summed E-state index contributed by atoms with van der Waals surface area (Å²) in [7, 11) is -1.29. The number of aryl methyl sites for hydroxylation is 3. The third-order valence-corrected chi connectivity index (χ3v) is 5.55. The molecule has 0 radical (unpaired) electrons. The van der Waals surface area contributed by atoms with Crippen LogP contribution in [0.2, 0.25) is 0 Å². The fourth-order valence-corrected chi connectivity index (χ4v) is 3.20. The minimum absolute atomic E-state index is 0.102. The van der Waals surface area contributed by atoms with Crippen molar-refractivity contribution < 1.29 is 12.9 Å². The van der Waals surface area contributed by atoms with Crippen LogP contribution < -0.4 is 0 Å². The van der Waals surface area contributed by atoms with Crippen molar-refractivity contribution in [1.82, 2.24) is 19.7 Å². The number of nitrogens with zero attached hydrogens (tertiary/aromatic N) is 4. The van der Waals surface area contributed by atoms with E-state index in [0.717, 1.165) is 11.3 Å². The highest BCUT2D eigenvalue weighted by Crippen LogP contribution is 2.16. The smallest absolute Gasteiger partial charge is 0.227 e. The SMILES string of the molecule is CCS(=O)(=O)c1ccc(CCc2nc(-c3cncn3C)no2)cc1. The molecule has 2 aromatic heterocycles. The number of hydrogen-bond acceptors (Lipinski definition) is 6. The molecular weight excluding hydrogens is 328 g/mol. The van der Waals surface area contributed by atoms with Gasteiger partial charge in [-0.1, -0.05) is 24.2 Å². The fourth-order valence-electron chi connectivity index (χ4n) is 2.31. The number of rotatable bonds is 6. The van der Waals surface area contributed by atoms with Crippen LogP contribution in [0.1, 0.15) is 18.4 Å². The molecule has 3 aromatic rings. The molecule has 0 unspecified atom stereocenters. The molecule has 0 N–H and O–H groups in total. The Morgan fingerprint density at radius 3 is 2.54 bits per heavy atom. The molecule has 0 saturated carbocycles. The van der Waals surface area contributed by atoms with Gasteiger partial charge in [-0.2, -0.15) is 4.98 Å². The summed E-state index contributed by atoms with van der Waals surface area (Å²) in [4.78, 5) is 8.74. The largest absolute Gasteiger partial charge is 0.339 e. The molecule has 0 bridgehead atoms. The average Bonchev–Trinajstić information content (AvgIpc) is 3.22. The van der Waals surface area contributed by atoms with E-state index >= 15 is 0 Å². The molecule has 24 heavy (non-hydrogen) atoms. The molecule has 0 amide bonds. The molecule has 7 nitrogen and oxygen atoms in total. The lowest BCUT2D eigenvalue weighted by Gasteiger charge is -2.03. The zero-order chi connectivity index (χ0) is 17.2. The first-order valence-electron chi connectivity index (χ1n) is 7.60. The molecule has 0 aliphatic heterocycles. The number of benzene rings is 1. The van der Waals surface area contributed by atoms with E-state index in [1.165, 1.54) is 0 Å². The maximum absolute atomic E-state index is 11.8. The predicted octanol–water partition coefficient (Wildman–Crippen LogP) is 2.05. The maximum atomic E-state index is 11.8. The number of hydrogen-bond donors (Lipinski definition) is 0. The lowest BCUT2D eigenvalue weighted by molar-refractivity contribution is 0.378. The van der Waals surface area contributed by atoms with E-state index in [1.54, 1.807) is 31.6 Å². The van der Waals surface area contributed by atoms with Gasteiger partial charge in [0.25, 0.3) is 0 Å². The van der Waals surface area contributed by atoms with Crippen LogP contribution in [0.25, 0.3) is 11.5 Å². The Morgan fingerprint density at radius 1 is 1.17 bits per heavy atom. The summed E-state index contributed by atoms with van der Waals surface area (Å²) in [6.45, 7) is 1.64. The van der Waals surface area contributed by atoms with E-state index in [0.29, 0.717) is 29.5 Å². The Kier molecular flexibility index (Phi) is 4.48. The second kappa shape index (κ2) is 6.56. The van der Waals surface area contributed by atoms with Crippen LogP contribution in [-0.4, -0.2) is 33.9 Å². The van der Waals surface area contributed by atoms with Crippen molar-refractivity contribution in [2.75, 3.05) is 5.75 Å². The van der Waals surface area contributed by atoms with Crippen molar-refractivity contribution >= 4 is 9.84 Å². The monoisotopic (exact) mass is 346 g/mol. The van der Waals surface area contributed by atoms with Crippen molar-refractivity contribution in [2.24, 2.45) is 7.05 Å². The van der Waals surface area contributed by atoms with Gasteiger partial charge in [-0.25, -0.2) is 13.4 Å². The molecule has 2 heterocycles. The lowest BCUT2D eigenvalue weighted by atomic mass is 10.1. The van der Waals surface area contributed by atoms with Gasteiger partial charge in [-0.05, 0) is 24.1 Å². The van der Waals surface area contributed by atoms with Crippen LogP contribution in [0.15, 0.2) is 46.2 Å². The molecule has 0 fully saturated rings. The minimum atomic E-state index is -3.16. The molecule has 1 aromatic carbocycles. The fraction of sp³-hybridized carbons (Fsp3) is 0.312. The highest BCUT2D eigenvalue weighted by molar-refractivity contribution is 7.91. The van der Waals surface area contributed by atoms with Crippen molar-refractivity contribution in [1.29, 1.82) is 0 Å². The van der Waals surface area contributed by atoms with Gasteiger partial charge in [0.2, 0.25) is 11.7 Å². The molecule has 126 valence electrons. The Labute approximate surface area is 140 Å². The van der Waals surface area contributed by atoms with Crippen LogP contribution in [0.3, 0.4) is 0 Å². The Hall–Kier alpha value is -2.48. The van der Waals surface area contributed by atoms with Gasteiger partial charge in [-0.15, -0.1) is 0 Å². The summed E-state index contributed by atoms with van der Waals surface area (Å²) >= 11 is 0. The zero-order valence-electron chi connectivity index (χ0n) is 13.5. The average molecular weight is 346 g/mol. The lowest BCUT2D eigenvalue weighted by Crippen LogP contribution is -2.03. The van der Waals surface area contributed by atoms with Gasteiger partial charge < -0.3 is 9.09 Å². The van der Waals surface area contributed by atoms with E-state index in [-0.39, 0.29) is 5.75 Å². The van der Waals surface area contributed by atoms with E-state index < -0.39 is 9.84 Å².